The first-order valence-electron chi connectivity index (χ1n) is 8.84. The van der Waals surface area contributed by atoms with Crippen LogP contribution >= 0.6 is 0 Å². The summed E-state index contributed by atoms with van der Waals surface area (Å²) in [6.45, 7) is 1.08. The quantitative estimate of drug-likeness (QED) is 0.688. The minimum absolute atomic E-state index is 0.0524. The Morgan fingerprint density at radius 1 is 1.19 bits per heavy atom. The molecule has 1 aliphatic heterocycles. The first kappa shape index (κ1) is 21.5. The molecular formula is C18H29N3O5S. The summed E-state index contributed by atoms with van der Waals surface area (Å²) < 4.78 is 37.8. The summed E-state index contributed by atoms with van der Waals surface area (Å²) in [5.74, 6) is 0.853. The highest BCUT2D eigenvalue weighted by molar-refractivity contribution is 7.86. The number of ether oxygens (including phenoxy) is 2. The molecule has 9 heteroatoms. The van der Waals surface area contributed by atoms with Crippen LogP contribution in [0.4, 0.5) is 0 Å². The van der Waals surface area contributed by atoms with Crippen molar-refractivity contribution in [2.75, 3.05) is 48.5 Å². The second-order valence-corrected chi connectivity index (χ2v) is 9.01. The Balaban J connectivity index is 2.06. The van der Waals surface area contributed by atoms with E-state index in [9.17, 15) is 13.2 Å². The Morgan fingerprint density at radius 2 is 1.85 bits per heavy atom. The van der Waals surface area contributed by atoms with Crippen molar-refractivity contribution >= 4 is 16.1 Å². The third-order valence-electron chi connectivity index (χ3n) is 4.77. The van der Waals surface area contributed by atoms with Gasteiger partial charge >= 0.3 is 0 Å². The third-order valence-corrected chi connectivity index (χ3v) is 6.67. The van der Waals surface area contributed by atoms with Crippen LogP contribution in [0.5, 0.6) is 11.5 Å². The van der Waals surface area contributed by atoms with Crippen LogP contribution in [-0.2, 0) is 21.5 Å². The molecule has 1 heterocycles. The van der Waals surface area contributed by atoms with Crippen LogP contribution in [0.25, 0.3) is 0 Å². The second kappa shape index (κ2) is 8.90. The zero-order valence-corrected chi connectivity index (χ0v) is 17.5. The minimum Gasteiger partial charge on any atom is -0.493 e. The molecule has 1 atom stereocenters. The van der Waals surface area contributed by atoms with Crippen molar-refractivity contribution in [3.63, 3.8) is 0 Å². The Labute approximate surface area is 161 Å². The van der Waals surface area contributed by atoms with Gasteiger partial charge in [0.2, 0.25) is 5.91 Å². The van der Waals surface area contributed by atoms with Crippen LogP contribution in [0.1, 0.15) is 18.4 Å². The van der Waals surface area contributed by atoms with E-state index in [0.29, 0.717) is 37.4 Å². The lowest BCUT2D eigenvalue weighted by molar-refractivity contribution is -0.135. The van der Waals surface area contributed by atoms with Gasteiger partial charge in [0.15, 0.2) is 11.5 Å². The van der Waals surface area contributed by atoms with Crippen LogP contribution in [0.3, 0.4) is 0 Å². The van der Waals surface area contributed by atoms with E-state index in [-0.39, 0.29) is 18.4 Å². The lowest BCUT2D eigenvalue weighted by Gasteiger charge is -2.34. The maximum Gasteiger partial charge on any atom is 0.281 e. The molecule has 1 fully saturated rings. The van der Waals surface area contributed by atoms with Gasteiger partial charge in [-0.25, -0.2) is 0 Å². The van der Waals surface area contributed by atoms with Gasteiger partial charge in [-0.1, -0.05) is 6.07 Å². The summed E-state index contributed by atoms with van der Waals surface area (Å²) in [4.78, 5) is 14.5. The van der Waals surface area contributed by atoms with Crippen molar-refractivity contribution in [3.05, 3.63) is 23.8 Å². The lowest BCUT2D eigenvalue weighted by Crippen LogP contribution is -2.48. The lowest BCUT2D eigenvalue weighted by atomic mass is 9.98. The van der Waals surface area contributed by atoms with Crippen molar-refractivity contribution in [3.8, 4) is 11.5 Å². The van der Waals surface area contributed by atoms with E-state index in [2.05, 4.69) is 0 Å². The zero-order chi connectivity index (χ0) is 20.2. The molecule has 1 aromatic rings. The van der Waals surface area contributed by atoms with Gasteiger partial charge in [-0.05, 0) is 30.5 Å². The summed E-state index contributed by atoms with van der Waals surface area (Å²) in [6, 6.07) is 5.53. The molecule has 0 N–H and O–H groups in total. The van der Waals surface area contributed by atoms with Gasteiger partial charge in [-0.2, -0.15) is 17.0 Å². The molecule has 1 aliphatic rings. The Morgan fingerprint density at radius 3 is 2.44 bits per heavy atom. The van der Waals surface area contributed by atoms with Gasteiger partial charge in [-0.15, -0.1) is 0 Å². The molecule has 2 rings (SSSR count). The van der Waals surface area contributed by atoms with Gasteiger partial charge in [-0.3, -0.25) is 4.79 Å². The molecule has 0 aromatic heterocycles. The fraction of sp³-hybridized carbons (Fsp3) is 0.611. The van der Waals surface area contributed by atoms with Crippen molar-refractivity contribution in [2.24, 2.45) is 5.92 Å². The van der Waals surface area contributed by atoms with Crippen molar-refractivity contribution in [1.82, 2.24) is 13.5 Å². The zero-order valence-electron chi connectivity index (χ0n) is 16.6. The summed E-state index contributed by atoms with van der Waals surface area (Å²) in [5.41, 5.74) is 0.914. The van der Waals surface area contributed by atoms with E-state index in [0.717, 1.165) is 5.56 Å². The molecule has 27 heavy (non-hydrogen) atoms. The fourth-order valence-electron chi connectivity index (χ4n) is 3.23. The summed E-state index contributed by atoms with van der Waals surface area (Å²) in [7, 11) is 4.38. The monoisotopic (exact) mass is 399 g/mol. The molecule has 1 saturated heterocycles. The Hall–Kier alpha value is -1.84. The average Bonchev–Trinajstić information content (AvgIpc) is 2.67. The van der Waals surface area contributed by atoms with Gasteiger partial charge in [0.1, 0.15) is 0 Å². The molecular weight excluding hydrogens is 370 g/mol. The van der Waals surface area contributed by atoms with Crippen LogP contribution in [0, 0.1) is 5.92 Å². The number of nitrogens with zero attached hydrogens (tertiary/aromatic N) is 3. The number of amides is 1. The molecule has 0 spiro atoms. The molecule has 152 valence electrons. The standard InChI is InChI=1S/C18H29N3O5S/c1-19(2)27(23,24)21-10-6-7-15(13-21)18(22)20(3)12-14-8-9-16(25-4)17(11-14)26-5/h8-9,11,15H,6-7,10,12-13H2,1-5H3/t15-/m0/s1. The molecule has 8 nitrogen and oxygen atoms in total. The number of carbonyl (C=O) groups is 1. The molecule has 1 amide bonds. The van der Waals surface area contributed by atoms with Crippen LogP contribution in [0.15, 0.2) is 18.2 Å². The highest BCUT2D eigenvalue weighted by atomic mass is 32.2. The Kier molecular flexibility index (Phi) is 7.07. The molecule has 0 unspecified atom stereocenters. The summed E-state index contributed by atoms with van der Waals surface area (Å²) in [5, 5.41) is 0. The largest absolute Gasteiger partial charge is 0.493 e. The topological polar surface area (TPSA) is 79.4 Å². The van der Waals surface area contributed by atoms with E-state index >= 15 is 0 Å². The summed E-state index contributed by atoms with van der Waals surface area (Å²) in [6.07, 6.45) is 1.36. The highest BCUT2D eigenvalue weighted by Crippen LogP contribution is 2.28. The van der Waals surface area contributed by atoms with Crippen molar-refractivity contribution < 1.29 is 22.7 Å². The molecule has 1 aromatic carbocycles. The fourth-order valence-corrected chi connectivity index (χ4v) is 4.42. The van der Waals surface area contributed by atoms with Gasteiger partial charge in [0.25, 0.3) is 10.2 Å². The molecule has 0 bridgehead atoms. The Bertz CT molecular complexity index is 766. The molecule has 0 aliphatic carbocycles. The third kappa shape index (κ3) is 4.91. The highest BCUT2D eigenvalue weighted by Gasteiger charge is 2.34. The predicted octanol–water partition coefficient (Wildman–Crippen LogP) is 1.18. The predicted molar refractivity (Wildman–Crippen MR) is 103 cm³/mol. The number of rotatable bonds is 7. The van der Waals surface area contributed by atoms with Gasteiger partial charge in [0, 0.05) is 40.8 Å². The van der Waals surface area contributed by atoms with E-state index in [1.54, 1.807) is 32.2 Å². The number of methoxy groups -OCH3 is 2. The van der Waals surface area contributed by atoms with Crippen LogP contribution in [-0.4, -0.2) is 76.3 Å². The minimum atomic E-state index is -3.50. The smallest absolute Gasteiger partial charge is 0.281 e. The van der Waals surface area contributed by atoms with E-state index in [1.807, 2.05) is 12.1 Å². The number of benzene rings is 1. The SMILES string of the molecule is COc1ccc(CN(C)C(=O)[C@H]2CCCN(S(=O)(=O)N(C)C)C2)cc1OC. The number of hydrogen-bond acceptors (Lipinski definition) is 5. The van der Waals surface area contributed by atoms with Crippen molar-refractivity contribution in [1.29, 1.82) is 0 Å². The number of hydrogen-bond donors (Lipinski definition) is 0. The number of piperidine rings is 1. The summed E-state index contributed by atoms with van der Waals surface area (Å²) >= 11 is 0. The van der Waals surface area contributed by atoms with Crippen LogP contribution in [0.2, 0.25) is 0 Å². The second-order valence-electron chi connectivity index (χ2n) is 6.87. The maximum atomic E-state index is 12.9. The number of carbonyl (C=O) groups excluding carboxylic acids is 1. The molecule has 0 saturated carbocycles. The average molecular weight is 400 g/mol. The normalized spacial score (nSPS) is 18.4. The first-order chi connectivity index (χ1) is 12.7. The van der Waals surface area contributed by atoms with E-state index in [1.165, 1.54) is 22.7 Å². The maximum absolute atomic E-state index is 12.9. The van der Waals surface area contributed by atoms with Crippen molar-refractivity contribution in [2.45, 2.75) is 19.4 Å². The first-order valence-corrected chi connectivity index (χ1v) is 10.2. The van der Waals surface area contributed by atoms with E-state index in [4.69, 9.17) is 9.47 Å². The van der Waals surface area contributed by atoms with Crippen LogP contribution < -0.4 is 9.47 Å². The van der Waals surface area contributed by atoms with Gasteiger partial charge < -0.3 is 14.4 Å². The van der Waals surface area contributed by atoms with Gasteiger partial charge in [0.05, 0.1) is 20.1 Å². The molecule has 0 radical (unpaired) electrons. The van der Waals surface area contributed by atoms with E-state index < -0.39 is 10.2 Å².